The van der Waals surface area contributed by atoms with E-state index in [1.807, 2.05) is 20.8 Å². The molecule has 0 aliphatic heterocycles. The van der Waals surface area contributed by atoms with Crippen LogP contribution in [0, 0.1) is 20.8 Å². The van der Waals surface area contributed by atoms with Crippen LogP contribution in [0.3, 0.4) is 0 Å². The molecule has 1 unspecified atom stereocenters. The molecule has 1 nitrogen and oxygen atoms in total. The Balaban J connectivity index is 0.00000121. The summed E-state index contributed by atoms with van der Waals surface area (Å²) in [7, 11) is 0. The van der Waals surface area contributed by atoms with Crippen LogP contribution in [0.2, 0.25) is 0 Å². The molecule has 0 radical (unpaired) electrons. The molecule has 0 aliphatic rings. The summed E-state index contributed by atoms with van der Waals surface area (Å²) >= 11 is 0. The van der Waals surface area contributed by atoms with Gasteiger partial charge < -0.3 is 5.73 Å². The third-order valence-electron chi connectivity index (χ3n) is 2.90. The van der Waals surface area contributed by atoms with E-state index in [0.29, 0.717) is 0 Å². The summed E-state index contributed by atoms with van der Waals surface area (Å²) in [6, 6.07) is 4.51. The van der Waals surface area contributed by atoms with Crippen molar-refractivity contribution in [2.45, 2.75) is 54.0 Å². The fourth-order valence-electron chi connectivity index (χ4n) is 1.93. The molecular weight excluding hydrogens is 206 g/mol. The molecule has 2 N–H and O–H groups in total. The average Bonchev–Trinajstić information content (AvgIpc) is 2.25. The minimum Gasteiger partial charge on any atom is -0.324 e. The van der Waals surface area contributed by atoms with Gasteiger partial charge in [-0.1, -0.05) is 43.7 Å². The van der Waals surface area contributed by atoms with E-state index in [1.54, 1.807) is 0 Å². The van der Waals surface area contributed by atoms with Crippen LogP contribution in [0.5, 0.6) is 0 Å². The van der Waals surface area contributed by atoms with Crippen LogP contribution in [0.1, 0.15) is 43.0 Å². The Bertz CT molecular complexity index is 354. The maximum Gasteiger partial charge on any atom is 0.0289 e. The summed E-state index contributed by atoms with van der Waals surface area (Å²) in [6.07, 6.45) is 0.896. The summed E-state index contributed by atoms with van der Waals surface area (Å²) in [4.78, 5) is 0. The van der Waals surface area contributed by atoms with Crippen LogP contribution in [-0.4, -0.2) is 6.04 Å². The Kier molecular flexibility index (Phi) is 6.82. The third kappa shape index (κ3) is 4.74. The Morgan fingerprint density at radius 1 is 1.18 bits per heavy atom. The van der Waals surface area contributed by atoms with Crippen molar-refractivity contribution in [2.24, 2.45) is 5.73 Å². The highest BCUT2D eigenvalue weighted by Gasteiger charge is 2.09. The number of hydrogen-bond donors (Lipinski definition) is 1. The molecule has 0 fully saturated rings. The molecular formula is C16H27N. The molecule has 0 spiro atoms. The predicted molar refractivity (Wildman–Crippen MR) is 78.5 cm³/mol. The van der Waals surface area contributed by atoms with Gasteiger partial charge in [0, 0.05) is 6.04 Å². The zero-order valence-electron chi connectivity index (χ0n) is 12.2. The van der Waals surface area contributed by atoms with Crippen molar-refractivity contribution in [3.63, 3.8) is 0 Å². The van der Waals surface area contributed by atoms with Gasteiger partial charge in [0.1, 0.15) is 0 Å². The lowest BCUT2D eigenvalue weighted by molar-refractivity contribution is 0.759. The molecule has 1 aromatic carbocycles. The smallest absolute Gasteiger partial charge is 0.0289 e. The van der Waals surface area contributed by atoms with Crippen LogP contribution in [-0.2, 0) is 6.42 Å². The minimum absolute atomic E-state index is 0.0742. The van der Waals surface area contributed by atoms with Crippen LogP contribution < -0.4 is 5.73 Å². The lowest BCUT2D eigenvalue weighted by Crippen LogP contribution is -2.24. The van der Waals surface area contributed by atoms with Gasteiger partial charge in [-0.2, -0.15) is 0 Å². The number of hydrogen-bond acceptors (Lipinski definition) is 1. The van der Waals surface area contributed by atoms with E-state index in [-0.39, 0.29) is 6.04 Å². The van der Waals surface area contributed by atoms with Crippen LogP contribution in [0.15, 0.2) is 24.3 Å². The highest BCUT2D eigenvalue weighted by atomic mass is 14.6. The molecule has 1 rings (SSSR count). The maximum absolute atomic E-state index is 6.02. The summed E-state index contributed by atoms with van der Waals surface area (Å²) < 4.78 is 0. The molecule has 17 heavy (non-hydrogen) atoms. The van der Waals surface area contributed by atoms with E-state index >= 15 is 0 Å². The molecule has 0 aliphatic carbocycles. The minimum atomic E-state index is 0.0742. The quantitative estimate of drug-likeness (QED) is 0.782. The van der Waals surface area contributed by atoms with E-state index in [4.69, 9.17) is 5.73 Å². The van der Waals surface area contributed by atoms with E-state index in [0.717, 1.165) is 12.0 Å². The normalized spacial score (nSPS) is 11.5. The van der Waals surface area contributed by atoms with Gasteiger partial charge in [0.15, 0.2) is 0 Å². The fraction of sp³-hybridized carbons (Fsp3) is 0.500. The maximum atomic E-state index is 6.02. The second-order valence-electron chi connectivity index (χ2n) is 4.53. The lowest BCUT2D eigenvalue weighted by Gasteiger charge is -2.16. The molecule has 1 aromatic rings. The first-order valence-corrected chi connectivity index (χ1v) is 6.39. The van der Waals surface area contributed by atoms with Gasteiger partial charge in [-0.25, -0.2) is 0 Å². The SMILES string of the molecule is C=C(C)C(N)Cc1c(C)cc(C)cc1C.CC. The first kappa shape index (κ1) is 15.9. The average molecular weight is 233 g/mol. The van der Waals surface area contributed by atoms with Crippen molar-refractivity contribution in [1.29, 1.82) is 0 Å². The molecule has 1 atom stereocenters. The predicted octanol–water partition coefficient (Wildman–Crippen LogP) is 4.08. The number of benzene rings is 1. The van der Waals surface area contributed by atoms with Gasteiger partial charge in [0.05, 0.1) is 0 Å². The topological polar surface area (TPSA) is 26.0 Å². The molecule has 0 saturated heterocycles. The van der Waals surface area contributed by atoms with Crippen molar-refractivity contribution in [2.75, 3.05) is 0 Å². The molecule has 0 bridgehead atoms. The second kappa shape index (κ2) is 7.29. The Morgan fingerprint density at radius 3 is 1.94 bits per heavy atom. The largest absolute Gasteiger partial charge is 0.324 e. The van der Waals surface area contributed by atoms with Crippen molar-refractivity contribution < 1.29 is 0 Å². The Hall–Kier alpha value is -1.08. The molecule has 1 heteroatoms. The molecule has 0 amide bonds. The summed E-state index contributed by atoms with van der Waals surface area (Å²) in [6.45, 7) is 16.3. The molecule has 0 aromatic heterocycles. The van der Waals surface area contributed by atoms with Gasteiger partial charge in [0.2, 0.25) is 0 Å². The number of rotatable bonds is 3. The van der Waals surface area contributed by atoms with Crippen molar-refractivity contribution >= 4 is 0 Å². The Labute approximate surface area is 107 Å². The Morgan fingerprint density at radius 2 is 1.59 bits per heavy atom. The molecule has 0 heterocycles. The third-order valence-corrected chi connectivity index (χ3v) is 2.90. The van der Waals surface area contributed by atoms with Gasteiger partial charge in [-0.05, 0) is 50.8 Å². The van der Waals surface area contributed by atoms with Crippen LogP contribution >= 0.6 is 0 Å². The van der Waals surface area contributed by atoms with Gasteiger partial charge >= 0.3 is 0 Å². The summed E-state index contributed by atoms with van der Waals surface area (Å²) in [5, 5.41) is 0. The highest BCUT2D eigenvalue weighted by Crippen LogP contribution is 2.18. The van der Waals surface area contributed by atoms with Gasteiger partial charge in [-0.3, -0.25) is 0 Å². The summed E-state index contributed by atoms with van der Waals surface area (Å²) in [5.74, 6) is 0. The van der Waals surface area contributed by atoms with Gasteiger partial charge in [0.25, 0.3) is 0 Å². The second-order valence-corrected chi connectivity index (χ2v) is 4.53. The van der Waals surface area contributed by atoms with Crippen molar-refractivity contribution in [3.05, 3.63) is 46.5 Å². The van der Waals surface area contributed by atoms with Crippen LogP contribution in [0.25, 0.3) is 0 Å². The van der Waals surface area contributed by atoms with Crippen LogP contribution in [0.4, 0.5) is 0 Å². The van der Waals surface area contributed by atoms with E-state index in [9.17, 15) is 0 Å². The summed E-state index contributed by atoms with van der Waals surface area (Å²) in [5.41, 5.74) is 12.4. The standard InChI is InChI=1S/C14H21N.C2H6/c1-9(2)14(15)8-13-11(4)6-10(3)7-12(13)5;1-2/h6-7,14H,1,8,15H2,2-5H3;1-2H3. The first-order chi connectivity index (χ1) is 7.91. The van der Waals surface area contributed by atoms with Gasteiger partial charge in [-0.15, -0.1) is 0 Å². The van der Waals surface area contributed by atoms with E-state index < -0.39 is 0 Å². The first-order valence-electron chi connectivity index (χ1n) is 6.39. The number of nitrogens with two attached hydrogens (primary N) is 1. The zero-order valence-corrected chi connectivity index (χ0v) is 12.2. The van der Waals surface area contributed by atoms with E-state index in [2.05, 4.69) is 39.5 Å². The zero-order chi connectivity index (χ0) is 13.6. The van der Waals surface area contributed by atoms with Crippen molar-refractivity contribution in [3.8, 4) is 0 Å². The molecule has 0 saturated carbocycles. The molecule has 96 valence electrons. The lowest BCUT2D eigenvalue weighted by atomic mass is 9.93. The monoisotopic (exact) mass is 233 g/mol. The van der Waals surface area contributed by atoms with E-state index in [1.165, 1.54) is 22.3 Å². The number of aryl methyl sites for hydroxylation is 3. The fourth-order valence-corrected chi connectivity index (χ4v) is 1.93. The van der Waals surface area contributed by atoms with Crippen molar-refractivity contribution in [1.82, 2.24) is 0 Å². The highest BCUT2D eigenvalue weighted by molar-refractivity contribution is 5.38.